The molecule has 276 valence electrons. The fourth-order valence-electron chi connectivity index (χ4n) is 6.42. The molecular weight excluding hydrogens is 715 g/mol. The number of hydrogen-bond donors (Lipinski definition) is 0. The standard InChI is InChI=1S/C48H39N3O4S/c1-34(52)54-49-47(38-18-8-4-9-19-38)40-25-27-42(28-26-40)51(46-24-14-22-37-17-12-13-23-45(37)46)43-31-41(48(50-55-35(2)53)39-20-10-5-11-21-39)32-44(33-43)56-30-29-36-15-6-3-7-16-36/h3-28,31-33H,29-30H2,1-2H3/b49-47-,50-48-. The second kappa shape index (κ2) is 18.0. The maximum absolute atomic E-state index is 12.1. The third kappa shape index (κ3) is 9.29. The monoisotopic (exact) mass is 753 g/mol. The van der Waals surface area contributed by atoms with Crippen LogP contribution >= 0.6 is 11.8 Å². The van der Waals surface area contributed by atoms with Gasteiger partial charge in [0.25, 0.3) is 0 Å². The highest BCUT2D eigenvalue weighted by Crippen LogP contribution is 2.41. The van der Waals surface area contributed by atoms with Crippen LogP contribution in [0.5, 0.6) is 0 Å². The Labute approximate surface area is 330 Å². The number of fused-ring (bicyclic) bond motifs is 1. The van der Waals surface area contributed by atoms with Crippen molar-refractivity contribution < 1.29 is 19.3 Å². The lowest BCUT2D eigenvalue weighted by Crippen LogP contribution is -2.13. The molecule has 0 aliphatic carbocycles. The summed E-state index contributed by atoms with van der Waals surface area (Å²) < 4.78 is 0. The molecule has 0 saturated heterocycles. The maximum atomic E-state index is 12.1. The van der Waals surface area contributed by atoms with E-state index in [1.807, 2.05) is 103 Å². The summed E-state index contributed by atoms with van der Waals surface area (Å²) in [4.78, 5) is 37.6. The summed E-state index contributed by atoms with van der Waals surface area (Å²) in [6.45, 7) is 2.68. The van der Waals surface area contributed by atoms with Gasteiger partial charge in [0.1, 0.15) is 11.4 Å². The van der Waals surface area contributed by atoms with Gasteiger partial charge in [0.2, 0.25) is 0 Å². The first-order valence-corrected chi connectivity index (χ1v) is 19.2. The molecule has 0 saturated carbocycles. The Balaban J connectivity index is 1.40. The Morgan fingerprint density at radius 3 is 1.70 bits per heavy atom. The number of nitrogens with zero attached hydrogens (tertiary/aromatic N) is 3. The van der Waals surface area contributed by atoms with Gasteiger partial charge < -0.3 is 14.6 Å². The van der Waals surface area contributed by atoms with E-state index in [4.69, 9.17) is 9.68 Å². The zero-order chi connectivity index (χ0) is 38.7. The Bertz CT molecular complexity index is 2500. The minimum Gasteiger partial charge on any atom is -0.318 e. The van der Waals surface area contributed by atoms with E-state index >= 15 is 0 Å². The van der Waals surface area contributed by atoms with E-state index in [0.717, 1.165) is 67.2 Å². The molecule has 8 heteroatoms. The number of rotatable bonds is 13. The van der Waals surface area contributed by atoms with Crippen molar-refractivity contribution in [3.05, 3.63) is 204 Å². The van der Waals surface area contributed by atoms with Gasteiger partial charge in [-0.1, -0.05) is 150 Å². The van der Waals surface area contributed by atoms with Crippen molar-refractivity contribution in [1.82, 2.24) is 0 Å². The lowest BCUT2D eigenvalue weighted by molar-refractivity contribution is -0.141. The molecular formula is C48H39N3O4S. The molecule has 7 aromatic carbocycles. The molecule has 0 amide bonds. The summed E-state index contributed by atoms with van der Waals surface area (Å²) in [7, 11) is 0. The quantitative estimate of drug-likeness (QED) is 0.0505. The van der Waals surface area contributed by atoms with Crippen LogP contribution < -0.4 is 4.90 Å². The van der Waals surface area contributed by atoms with Gasteiger partial charge in [-0.25, -0.2) is 9.59 Å². The first-order valence-electron chi connectivity index (χ1n) is 18.3. The fourth-order valence-corrected chi connectivity index (χ4v) is 7.41. The van der Waals surface area contributed by atoms with E-state index in [9.17, 15) is 9.59 Å². The van der Waals surface area contributed by atoms with Crippen LogP contribution in [0, 0.1) is 0 Å². The first kappa shape index (κ1) is 37.5. The smallest absolute Gasteiger partial charge is 0.318 e. The highest BCUT2D eigenvalue weighted by Gasteiger charge is 2.20. The predicted octanol–water partition coefficient (Wildman–Crippen LogP) is 11.3. The normalized spacial score (nSPS) is 11.6. The molecule has 0 aliphatic heterocycles. The lowest BCUT2D eigenvalue weighted by atomic mass is 10.00. The van der Waals surface area contributed by atoms with Crippen LogP contribution in [0.2, 0.25) is 0 Å². The second-order valence-corrected chi connectivity index (χ2v) is 14.1. The molecule has 0 unspecified atom stereocenters. The van der Waals surface area contributed by atoms with Crippen molar-refractivity contribution in [3.63, 3.8) is 0 Å². The van der Waals surface area contributed by atoms with Gasteiger partial charge in [-0.05, 0) is 53.8 Å². The van der Waals surface area contributed by atoms with Gasteiger partial charge >= 0.3 is 11.9 Å². The van der Waals surface area contributed by atoms with Crippen molar-refractivity contribution >= 4 is 63.0 Å². The molecule has 7 nitrogen and oxygen atoms in total. The van der Waals surface area contributed by atoms with Crippen LogP contribution in [0.1, 0.15) is 41.7 Å². The molecule has 7 aromatic rings. The molecule has 7 rings (SSSR count). The third-order valence-electron chi connectivity index (χ3n) is 8.96. The van der Waals surface area contributed by atoms with Crippen LogP contribution in [0.3, 0.4) is 0 Å². The van der Waals surface area contributed by atoms with Gasteiger partial charge in [-0.2, -0.15) is 0 Å². The highest BCUT2D eigenvalue weighted by molar-refractivity contribution is 7.99. The van der Waals surface area contributed by atoms with Crippen LogP contribution in [0.25, 0.3) is 10.8 Å². The van der Waals surface area contributed by atoms with Gasteiger partial charge in [-0.15, -0.1) is 11.8 Å². The van der Waals surface area contributed by atoms with E-state index < -0.39 is 11.9 Å². The zero-order valence-corrected chi connectivity index (χ0v) is 31.9. The summed E-state index contributed by atoms with van der Waals surface area (Å²) in [6, 6.07) is 58.9. The number of oxime groups is 2. The molecule has 0 aliphatic rings. The number of benzene rings is 7. The van der Waals surface area contributed by atoms with Crippen molar-refractivity contribution in [2.45, 2.75) is 25.2 Å². The SMILES string of the molecule is CC(=O)O/N=C(/c1ccccc1)c1ccc(N(c2cc(SCCc3ccccc3)cc(/C(=N\OC(C)=O)c3ccccc3)c2)c2cccc3ccccc23)cc1. The van der Waals surface area contributed by atoms with Gasteiger partial charge in [-0.3, -0.25) is 0 Å². The number of thioether (sulfide) groups is 1. The van der Waals surface area contributed by atoms with E-state index in [0.29, 0.717) is 11.4 Å². The van der Waals surface area contributed by atoms with Crippen molar-refractivity contribution in [1.29, 1.82) is 0 Å². The van der Waals surface area contributed by atoms with Crippen molar-refractivity contribution in [2.24, 2.45) is 10.3 Å². The average molecular weight is 754 g/mol. The largest absolute Gasteiger partial charge is 0.332 e. The topological polar surface area (TPSA) is 80.6 Å². The number of anilines is 3. The molecule has 0 heterocycles. The minimum atomic E-state index is -0.503. The second-order valence-electron chi connectivity index (χ2n) is 13.0. The first-order chi connectivity index (χ1) is 27.4. The summed E-state index contributed by atoms with van der Waals surface area (Å²) in [5.41, 5.74) is 8.30. The molecule has 0 aromatic heterocycles. The summed E-state index contributed by atoms with van der Waals surface area (Å²) in [5, 5.41) is 10.8. The fraction of sp³-hybridized carbons (Fsp3) is 0.0833. The maximum Gasteiger partial charge on any atom is 0.332 e. The third-order valence-corrected chi connectivity index (χ3v) is 9.93. The molecule has 0 bridgehead atoms. The Hall–Kier alpha value is -6.77. The number of aryl methyl sites for hydroxylation is 1. The molecule has 0 spiro atoms. The van der Waals surface area contributed by atoms with Crippen LogP contribution in [0.4, 0.5) is 17.1 Å². The van der Waals surface area contributed by atoms with Crippen molar-refractivity contribution in [3.8, 4) is 0 Å². The Kier molecular flexibility index (Phi) is 12.1. The number of hydrogen-bond acceptors (Lipinski definition) is 8. The van der Waals surface area contributed by atoms with Gasteiger partial charge in [0.15, 0.2) is 0 Å². The molecule has 0 N–H and O–H groups in total. The van der Waals surface area contributed by atoms with Crippen molar-refractivity contribution in [2.75, 3.05) is 10.7 Å². The average Bonchev–Trinajstić information content (AvgIpc) is 3.23. The van der Waals surface area contributed by atoms with Crippen LogP contribution in [0.15, 0.2) is 191 Å². The summed E-state index contributed by atoms with van der Waals surface area (Å²) in [5.74, 6) is -0.153. The van der Waals surface area contributed by atoms with E-state index in [-0.39, 0.29) is 0 Å². The minimum absolute atomic E-state index is 0.498. The van der Waals surface area contributed by atoms with Crippen LogP contribution in [-0.4, -0.2) is 29.1 Å². The summed E-state index contributed by atoms with van der Waals surface area (Å²) in [6.07, 6.45) is 0.894. The van der Waals surface area contributed by atoms with Gasteiger partial charge in [0, 0.05) is 63.5 Å². The zero-order valence-electron chi connectivity index (χ0n) is 31.0. The predicted molar refractivity (Wildman–Crippen MR) is 227 cm³/mol. The Morgan fingerprint density at radius 1 is 0.536 bits per heavy atom. The molecule has 56 heavy (non-hydrogen) atoms. The number of carbonyl (C=O) groups excluding carboxylic acids is 2. The highest BCUT2D eigenvalue weighted by atomic mass is 32.2. The van der Waals surface area contributed by atoms with E-state index in [1.165, 1.54) is 19.4 Å². The van der Waals surface area contributed by atoms with Crippen LogP contribution in [-0.2, 0) is 25.7 Å². The lowest BCUT2D eigenvalue weighted by Gasteiger charge is -2.28. The van der Waals surface area contributed by atoms with Gasteiger partial charge in [0.05, 0.1) is 5.69 Å². The molecule has 0 fully saturated rings. The Morgan fingerprint density at radius 2 is 1.07 bits per heavy atom. The molecule has 0 atom stereocenters. The molecule has 0 radical (unpaired) electrons. The van der Waals surface area contributed by atoms with E-state index in [1.54, 1.807) is 11.8 Å². The number of carbonyl (C=O) groups is 2. The summed E-state index contributed by atoms with van der Waals surface area (Å²) >= 11 is 1.76. The van der Waals surface area contributed by atoms with E-state index in [2.05, 4.69) is 88.0 Å².